The van der Waals surface area contributed by atoms with Crippen molar-refractivity contribution in [2.24, 2.45) is 0 Å². The molecule has 1 N–H and O–H groups in total. The molecule has 1 heterocycles. The molecule has 0 spiro atoms. The van der Waals surface area contributed by atoms with Gasteiger partial charge < -0.3 is 5.32 Å². The average Bonchev–Trinajstić information content (AvgIpc) is 2.39. The van der Waals surface area contributed by atoms with Gasteiger partial charge >= 0.3 is 0 Å². The summed E-state index contributed by atoms with van der Waals surface area (Å²) in [6.07, 6.45) is 4.65. The van der Waals surface area contributed by atoms with Crippen molar-refractivity contribution >= 4 is 0 Å². The van der Waals surface area contributed by atoms with E-state index in [1.165, 1.54) is 16.7 Å². The molecule has 88 valence electrons. The third-order valence-electron chi connectivity index (χ3n) is 3.04. The van der Waals surface area contributed by atoms with E-state index in [9.17, 15) is 0 Å². The molecule has 1 aromatic carbocycles. The molecule has 0 aliphatic heterocycles. The first-order chi connectivity index (χ1) is 8.29. The SMILES string of the molecule is CNC(C)c1cccc(Cc2ccncc2)c1. The van der Waals surface area contributed by atoms with Crippen LogP contribution >= 0.6 is 0 Å². The second-order valence-electron chi connectivity index (χ2n) is 4.29. The van der Waals surface area contributed by atoms with Gasteiger partial charge in [-0.25, -0.2) is 0 Å². The molecule has 0 saturated heterocycles. The van der Waals surface area contributed by atoms with Gasteiger partial charge in [0.05, 0.1) is 0 Å². The van der Waals surface area contributed by atoms with Crippen LogP contribution in [0.5, 0.6) is 0 Å². The fourth-order valence-electron chi connectivity index (χ4n) is 1.88. The molecule has 1 aromatic heterocycles. The second-order valence-corrected chi connectivity index (χ2v) is 4.29. The highest BCUT2D eigenvalue weighted by atomic mass is 14.8. The summed E-state index contributed by atoms with van der Waals surface area (Å²) in [5.41, 5.74) is 3.98. The predicted octanol–water partition coefficient (Wildman–Crippen LogP) is 2.95. The molecule has 2 aromatic rings. The topological polar surface area (TPSA) is 24.9 Å². The summed E-state index contributed by atoms with van der Waals surface area (Å²) in [6, 6.07) is 13.3. The van der Waals surface area contributed by atoms with Crippen molar-refractivity contribution in [3.8, 4) is 0 Å². The molecule has 2 rings (SSSR count). The van der Waals surface area contributed by atoms with Crippen LogP contribution in [0, 0.1) is 0 Å². The zero-order valence-corrected chi connectivity index (χ0v) is 10.4. The number of benzene rings is 1. The zero-order chi connectivity index (χ0) is 12.1. The van der Waals surface area contributed by atoms with Gasteiger partial charge in [0.2, 0.25) is 0 Å². The van der Waals surface area contributed by atoms with E-state index in [2.05, 4.69) is 53.6 Å². The molecule has 2 heteroatoms. The highest BCUT2D eigenvalue weighted by Gasteiger charge is 2.03. The quantitative estimate of drug-likeness (QED) is 0.867. The Morgan fingerprint density at radius 1 is 1.12 bits per heavy atom. The first-order valence-electron chi connectivity index (χ1n) is 5.94. The van der Waals surface area contributed by atoms with E-state index in [-0.39, 0.29) is 0 Å². The highest BCUT2D eigenvalue weighted by Crippen LogP contribution is 2.16. The van der Waals surface area contributed by atoms with E-state index in [1.807, 2.05) is 19.4 Å². The fourth-order valence-corrected chi connectivity index (χ4v) is 1.88. The standard InChI is InChI=1S/C15H18N2/c1-12(16-2)15-5-3-4-14(11-15)10-13-6-8-17-9-7-13/h3-9,11-12,16H,10H2,1-2H3. The molecule has 0 aliphatic carbocycles. The Morgan fingerprint density at radius 3 is 2.59 bits per heavy atom. The number of nitrogens with zero attached hydrogens (tertiary/aromatic N) is 1. The number of hydrogen-bond acceptors (Lipinski definition) is 2. The molecule has 0 aliphatic rings. The summed E-state index contributed by atoms with van der Waals surface area (Å²) in [4.78, 5) is 4.04. The third kappa shape index (κ3) is 3.14. The second kappa shape index (κ2) is 5.60. The van der Waals surface area contributed by atoms with E-state index in [1.54, 1.807) is 0 Å². The summed E-state index contributed by atoms with van der Waals surface area (Å²) >= 11 is 0. The van der Waals surface area contributed by atoms with Gasteiger partial charge in [-0.05, 0) is 49.2 Å². The number of rotatable bonds is 4. The summed E-state index contributed by atoms with van der Waals surface area (Å²) in [7, 11) is 1.99. The van der Waals surface area contributed by atoms with Crippen molar-refractivity contribution in [1.29, 1.82) is 0 Å². The maximum atomic E-state index is 4.04. The highest BCUT2D eigenvalue weighted by molar-refractivity contribution is 5.30. The summed E-state index contributed by atoms with van der Waals surface area (Å²) in [5.74, 6) is 0. The molecule has 17 heavy (non-hydrogen) atoms. The number of hydrogen-bond donors (Lipinski definition) is 1. The maximum absolute atomic E-state index is 4.04. The number of nitrogens with one attached hydrogen (secondary N) is 1. The lowest BCUT2D eigenvalue weighted by Gasteiger charge is -2.12. The van der Waals surface area contributed by atoms with Crippen LogP contribution in [0.25, 0.3) is 0 Å². The van der Waals surface area contributed by atoms with Crippen molar-refractivity contribution < 1.29 is 0 Å². The van der Waals surface area contributed by atoms with Crippen molar-refractivity contribution in [3.05, 3.63) is 65.5 Å². The molecule has 2 nitrogen and oxygen atoms in total. The van der Waals surface area contributed by atoms with E-state index in [0.29, 0.717) is 6.04 Å². The first kappa shape index (κ1) is 11.8. The minimum atomic E-state index is 0.396. The lowest BCUT2D eigenvalue weighted by molar-refractivity contribution is 0.651. The Kier molecular flexibility index (Phi) is 3.89. The largest absolute Gasteiger partial charge is 0.313 e. The molecule has 0 amide bonds. The van der Waals surface area contributed by atoms with E-state index >= 15 is 0 Å². The van der Waals surface area contributed by atoms with Crippen molar-refractivity contribution in [2.75, 3.05) is 7.05 Å². The van der Waals surface area contributed by atoms with Gasteiger partial charge in [0.1, 0.15) is 0 Å². The molecule has 1 unspecified atom stereocenters. The molecular weight excluding hydrogens is 208 g/mol. The normalized spacial score (nSPS) is 12.4. The van der Waals surface area contributed by atoms with Gasteiger partial charge in [0, 0.05) is 18.4 Å². The summed E-state index contributed by atoms with van der Waals surface area (Å²) in [5, 5.41) is 3.26. The van der Waals surface area contributed by atoms with E-state index in [4.69, 9.17) is 0 Å². The molecular formula is C15H18N2. The van der Waals surface area contributed by atoms with Crippen LogP contribution in [0.4, 0.5) is 0 Å². The van der Waals surface area contributed by atoms with Gasteiger partial charge in [0.25, 0.3) is 0 Å². The lowest BCUT2D eigenvalue weighted by Crippen LogP contribution is -2.12. The number of pyridine rings is 1. The minimum absolute atomic E-state index is 0.396. The monoisotopic (exact) mass is 226 g/mol. The lowest BCUT2D eigenvalue weighted by atomic mass is 10.0. The van der Waals surface area contributed by atoms with Crippen LogP contribution in [0.1, 0.15) is 29.7 Å². The average molecular weight is 226 g/mol. The molecule has 0 saturated carbocycles. The first-order valence-corrected chi connectivity index (χ1v) is 5.94. The van der Waals surface area contributed by atoms with Gasteiger partial charge in [0.15, 0.2) is 0 Å². The Hall–Kier alpha value is -1.67. The third-order valence-corrected chi connectivity index (χ3v) is 3.04. The van der Waals surface area contributed by atoms with E-state index < -0.39 is 0 Å². The zero-order valence-electron chi connectivity index (χ0n) is 10.4. The molecule has 1 atom stereocenters. The van der Waals surface area contributed by atoms with Crippen LogP contribution in [-0.4, -0.2) is 12.0 Å². The van der Waals surface area contributed by atoms with Gasteiger partial charge in [-0.1, -0.05) is 24.3 Å². The van der Waals surface area contributed by atoms with Gasteiger partial charge in [-0.2, -0.15) is 0 Å². The van der Waals surface area contributed by atoms with Crippen molar-refractivity contribution in [2.45, 2.75) is 19.4 Å². The maximum Gasteiger partial charge on any atom is 0.0289 e. The number of aromatic nitrogens is 1. The fraction of sp³-hybridized carbons (Fsp3) is 0.267. The Morgan fingerprint density at radius 2 is 1.88 bits per heavy atom. The smallest absolute Gasteiger partial charge is 0.0289 e. The minimum Gasteiger partial charge on any atom is -0.313 e. The Bertz CT molecular complexity index is 465. The van der Waals surface area contributed by atoms with Crippen LogP contribution < -0.4 is 5.32 Å². The van der Waals surface area contributed by atoms with Crippen LogP contribution in [-0.2, 0) is 6.42 Å². The summed E-state index contributed by atoms with van der Waals surface area (Å²) < 4.78 is 0. The molecule has 0 radical (unpaired) electrons. The molecule has 0 fully saturated rings. The summed E-state index contributed by atoms with van der Waals surface area (Å²) in [6.45, 7) is 2.17. The van der Waals surface area contributed by atoms with Crippen molar-refractivity contribution in [3.63, 3.8) is 0 Å². The Balaban J connectivity index is 2.17. The Labute approximate surface area is 103 Å². The van der Waals surface area contributed by atoms with E-state index in [0.717, 1.165) is 6.42 Å². The van der Waals surface area contributed by atoms with Gasteiger partial charge in [-0.3, -0.25) is 4.98 Å². The van der Waals surface area contributed by atoms with Crippen LogP contribution in [0.2, 0.25) is 0 Å². The van der Waals surface area contributed by atoms with Gasteiger partial charge in [-0.15, -0.1) is 0 Å². The predicted molar refractivity (Wildman–Crippen MR) is 71.0 cm³/mol. The van der Waals surface area contributed by atoms with Crippen LogP contribution in [0.3, 0.4) is 0 Å². The van der Waals surface area contributed by atoms with Crippen molar-refractivity contribution in [1.82, 2.24) is 10.3 Å². The molecule has 0 bridgehead atoms. The van der Waals surface area contributed by atoms with Crippen LogP contribution in [0.15, 0.2) is 48.8 Å².